The highest BCUT2D eigenvalue weighted by atomic mass is 31.2. The van der Waals surface area contributed by atoms with E-state index < -0.39 is 45.8 Å². The van der Waals surface area contributed by atoms with Gasteiger partial charge in [-0.2, -0.15) is 0 Å². The van der Waals surface area contributed by atoms with Crippen LogP contribution in [-0.2, 0) is 23.1 Å². The zero-order chi connectivity index (χ0) is 18.4. The number of esters is 1. The van der Waals surface area contributed by atoms with E-state index in [0.717, 1.165) is 32.1 Å². The first kappa shape index (κ1) is 23.5. The molecule has 0 fully saturated rings. The first-order valence-electron chi connectivity index (χ1n) is 8.05. The van der Waals surface area contributed by atoms with Crippen LogP contribution in [0.3, 0.4) is 0 Å². The molecule has 0 aliphatic heterocycles. The summed E-state index contributed by atoms with van der Waals surface area (Å²) in [4.78, 5) is 20.7. The van der Waals surface area contributed by atoms with Gasteiger partial charge in [0.15, 0.2) is 0 Å². The Morgan fingerprint density at radius 2 is 1.58 bits per heavy atom. The number of hydrogen-bond donors (Lipinski definition) is 4. The lowest BCUT2D eigenvalue weighted by atomic mass is 10.1. The molecule has 0 saturated carbocycles. The van der Waals surface area contributed by atoms with Crippen LogP contribution in [0.2, 0.25) is 0 Å². The molecule has 0 heterocycles. The molecule has 0 aromatic carbocycles. The molecule has 0 radical (unpaired) electrons. The third kappa shape index (κ3) is 13.9. The highest BCUT2D eigenvalue weighted by molar-refractivity contribution is 7.47. The van der Waals surface area contributed by atoms with E-state index in [4.69, 9.17) is 14.9 Å². The Balaban J connectivity index is 3.79. The van der Waals surface area contributed by atoms with Gasteiger partial charge in [0.25, 0.3) is 0 Å². The van der Waals surface area contributed by atoms with Gasteiger partial charge in [-0.25, -0.2) is 4.57 Å². The van der Waals surface area contributed by atoms with Crippen molar-refractivity contribution in [1.82, 2.24) is 0 Å². The Morgan fingerprint density at radius 1 is 1.00 bits per heavy atom. The summed E-state index contributed by atoms with van der Waals surface area (Å²) < 4.78 is 25.1. The Hall–Kier alpha value is -0.540. The summed E-state index contributed by atoms with van der Waals surface area (Å²) in [6.07, 6.45) is 2.66. The van der Waals surface area contributed by atoms with Gasteiger partial charge in [0.1, 0.15) is 18.8 Å². The number of rotatable bonds is 15. The average Bonchev–Trinajstić information content (AvgIpc) is 2.56. The van der Waals surface area contributed by atoms with Crippen molar-refractivity contribution < 1.29 is 43.4 Å². The summed E-state index contributed by atoms with van der Waals surface area (Å²) in [6.45, 7) is -0.0486. The Labute approximate surface area is 142 Å². The van der Waals surface area contributed by atoms with Gasteiger partial charge in [0.2, 0.25) is 0 Å². The molecular formula is C14H29O9P. The third-order valence-corrected chi connectivity index (χ3v) is 3.94. The number of carbonyl (C=O) groups excluding carboxylic acids is 1. The molecule has 4 N–H and O–H groups in total. The molecule has 144 valence electrons. The minimum absolute atomic E-state index is 0.262. The van der Waals surface area contributed by atoms with Crippen LogP contribution in [0.4, 0.5) is 0 Å². The van der Waals surface area contributed by atoms with Crippen molar-refractivity contribution in [3.8, 4) is 0 Å². The standard InChI is InChI=1S/C14H29O9P/c1-2-3-4-5-6-7-14(18)21-9-13(17)11-23-24(19,20)22-10-12(16)8-15/h12-13,15-17H,2-11H2,1H3,(H,19,20). The largest absolute Gasteiger partial charge is 0.472 e. The molecule has 10 heteroatoms. The normalized spacial score (nSPS) is 16.4. The molecule has 0 rings (SSSR count). The van der Waals surface area contributed by atoms with Gasteiger partial charge >= 0.3 is 13.8 Å². The second kappa shape index (κ2) is 13.7. The van der Waals surface area contributed by atoms with E-state index >= 15 is 0 Å². The summed E-state index contributed by atoms with van der Waals surface area (Å²) >= 11 is 0. The lowest BCUT2D eigenvalue weighted by Crippen LogP contribution is -2.24. The van der Waals surface area contributed by atoms with Gasteiger partial charge in [-0.15, -0.1) is 0 Å². The van der Waals surface area contributed by atoms with Crippen LogP contribution in [0, 0.1) is 0 Å². The van der Waals surface area contributed by atoms with Crippen LogP contribution in [-0.4, -0.2) is 64.8 Å². The van der Waals surface area contributed by atoms with Crippen molar-refractivity contribution in [1.29, 1.82) is 0 Å². The monoisotopic (exact) mass is 372 g/mol. The maximum absolute atomic E-state index is 11.4. The van der Waals surface area contributed by atoms with Gasteiger partial charge in [0.05, 0.1) is 19.8 Å². The highest BCUT2D eigenvalue weighted by Crippen LogP contribution is 2.43. The van der Waals surface area contributed by atoms with E-state index in [9.17, 15) is 19.4 Å². The Kier molecular flexibility index (Phi) is 13.4. The molecule has 24 heavy (non-hydrogen) atoms. The van der Waals surface area contributed by atoms with Crippen molar-refractivity contribution >= 4 is 13.8 Å². The van der Waals surface area contributed by atoms with Crippen LogP contribution in [0.25, 0.3) is 0 Å². The van der Waals surface area contributed by atoms with E-state index in [-0.39, 0.29) is 13.0 Å². The second-order valence-corrected chi connectivity index (χ2v) is 6.85. The number of aliphatic hydroxyl groups is 3. The average molecular weight is 372 g/mol. The summed E-state index contributed by atoms with van der Waals surface area (Å²) in [7, 11) is -4.46. The van der Waals surface area contributed by atoms with Crippen molar-refractivity contribution in [2.75, 3.05) is 26.4 Å². The molecule has 0 amide bonds. The van der Waals surface area contributed by atoms with Gasteiger partial charge in [0, 0.05) is 6.42 Å². The quantitative estimate of drug-likeness (QED) is 0.186. The topological polar surface area (TPSA) is 143 Å². The maximum Gasteiger partial charge on any atom is 0.472 e. The van der Waals surface area contributed by atoms with Crippen molar-refractivity contribution in [3.63, 3.8) is 0 Å². The molecule has 0 aliphatic rings. The molecule has 0 bridgehead atoms. The van der Waals surface area contributed by atoms with E-state index in [1.807, 2.05) is 0 Å². The first-order chi connectivity index (χ1) is 11.3. The molecule has 3 unspecified atom stereocenters. The Morgan fingerprint density at radius 3 is 2.17 bits per heavy atom. The summed E-state index contributed by atoms with van der Waals surface area (Å²) in [5.41, 5.74) is 0. The van der Waals surface area contributed by atoms with Gasteiger partial charge in [-0.05, 0) is 6.42 Å². The molecule has 0 aromatic heterocycles. The number of hydrogen-bond acceptors (Lipinski definition) is 8. The first-order valence-corrected chi connectivity index (χ1v) is 9.54. The van der Waals surface area contributed by atoms with Crippen LogP contribution >= 0.6 is 7.82 Å². The fourth-order valence-electron chi connectivity index (χ4n) is 1.63. The van der Waals surface area contributed by atoms with Crippen LogP contribution in [0.1, 0.15) is 45.4 Å². The maximum atomic E-state index is 11.4. The van der Waals surface area contributed by atoms with Crippen LogP contribution in [0.15, 0.2) is 0 Å². The minimum Gasteiger partial charge on any atom is -0.463 e. The lowest BCUT2D eigenvalue weighted by molar-refractivity contribution is -0.147. The summed E-state index contributed by atoms with van der Waals surface area (Å²) in [5.74, 6) is -0.444. The van der Waals surface area contributed by atoms with Gasteiger partial charge in [-0.3, -0.25) is 13.8 Å². The molecule has 9 nitrogen and oxygen atoms in total. The Bertz CT molecular complexity index is 377. The second-order valence-electron chi connectivity index (χ2n) is 5.40. The number of carbonyl (C=O) groups is 1. The zero-order valence-corrected chi connectivity index (χ0v) is 14.9. The van der Waals surface area contributed by atoms with Crippen molar-refractivity contribution in [3.05, 3.63) is 0 Å². The van der Waals surface area contributed by atoms with E-state index in [1.165, 1.54) is 0 Å². The lowest BCUT2D eigenvalue weighted by Gasteiger charge is -2.16. The number of phosphoric acid groups is 1. The SMILES string of the molecule is CCCCCCCC(=O)OCC(O)COP(=O)(O)OCC(O)CO. The van der Waals surface area contributed by atoms with Crippen molar-refractivity contribution in [2.45, 2.75) is 57.7 Å². The molecule has 0 saturated heterocycles. The number of aliphatic hydroxyl groups excluding tert-OH is 3. The van der Waals surface area contributed by atoms with Gasteiger partial charge < -0.3 is 24.9 Å². The minimum atomic E-state index is -4.46. The summed E-state index contributed by atoms with van der Waals surface area (Å²) in [6, 6.07) is 0. The number of ether oxygens (including phenoxy) is 1. The molecular weight excluding hydrogens is 343 g/mol. The van der Waals surface area contributed by atoms with Gasteiger partial charge in [-0.1, -0.05) is 32.6 Å². The zero-order valence-electron chi connectivity index (χ0n) is 14.0. The summed E-state index contributed by atoms with van der Waals surface area (Å²) in [5, 5.41) is 27.1. The fourth-order valence-corrected chi connectivity index (χ4v) is 2.43. The predicted octanol–water partition coefficient (Wildman–Crippen LogP) is 0.738. The van der Waals surface area contributed by atoms with Crippen molar-refractivity contribution in [2.24, 2.45) is 0 Å². The predicted molar refractivity (Wildman–Crippen MR) is 85.2 cm³/mol. The smallest absolute Gasteiger partial charge is 0.463 e. The molecule has 0 spiro atoms. The molecule has 0 aromatic rings. The number of phosphoric ester groups is 1. The molecule has 3 atom stereocenters. The third-order valence-electron chi connectivity index (χ3n) is 2.99. The molecule has 0 aliphatic carbocycles. The number of unbranched alkanes of at least 4 members (excludes halogenated alkanes) is 4. The van der Waals surface area contributed by atoms with E-state index in [0.29, 0.717) is 0 Å². The van der Waals surface area contributed by atoms with E-state index in [1.54, 1.807) is 0 Å². The fraction of sp³-hybridized carbons (Fsp3) is 0.929. The van der Waals surface area contributed by atoms with Crippen LogP contribution in [0.5, 0.6) is 0 Å². The highest BCUT2D eigenvalue weighted by Gasteiger charge is 2.24. The van der Waals surface area contributed by atoms with E-state index in [2.05, 4.69) is 16.0 Å². The van der Waals surface area contributed by atoms with Crippen LogP contribution < -0.4 is 0 Å².